The van der Waals surface area contributed by atoms with E-state index in [1.165, 1.54) is 11.1 Å². The van der Waals surface area contributed by atoms with Gasteiger partial charge in [0.15, 0.2) is 0 Å². The van der Waals surface area contributed by atoms with Crippen molar-refractivity contribution in [1.29, 1.82) is 0 Å². The number of carbonyl (C=O) groups is 3. The van der Waals surface area contributed by atoms with Crippen LogP contribution in [0.3, 0.4) is 0 Å². The van der Waals surface area contributed by atoms with Crippen LogP contribution in [0.1, 0.15) is 77.5 Å². The van der Waals surface area contributed by atoms with Crippen molar-refractivity contribution < 1.29 is 28.6 Å². The first-order chi connectivity index (χ1) is 28.0. The van der Waals surface area contributed by atoms with E-state index < -0.39 is 18.1 Å². The molecule has 0 aliphatic carbocycles. The molecule has 0 aromatic heterocycles. The molecule has 0 amide bonds. The molecular weight excluding hydrogens is 729 g/mol. The fourth-order valence-corrected chi connectivity index (χ4v) is 7.97. The minimum Gasteiger partial charge on any atom is -0.465 e. The van der Waals surface area contributed by atoms with Crippen molar-refractivity contribution in [2.45, 2.75) is 104 Å². The van der Waals surface area contributed by atoms with E-state index in [2.05, 4.69) is 76.8 Å². The van der Waals surface area contributed by atoms with Crippen LogP contribution in [0, 0.1) is 0 Å². The number of aryl methyl sites for hydroxylation is 3. The molecule has 1 heterocycles. The van der Waals surface area contributed by atoms with Crippen molar-refractivity contribution in [2.75, 3.05) is 72.2 Å². The number of benzene rings is 3. The Labute approximate surface area is 348 Å². The Morgan fingerprint density at radius 3 is 0.966 bits per heavy atom. The molecule has 0 bridgehead atoms. The SMILES string of the molecule is CCOC(=O)[C@H](CCc1ccccc1)N1CCN([C@@H](CCc2ccccc2)C(=O)OCC)CCN(C(C)(C)C)CCN([C@@H](CCc2ccccc2)C(=O)OCC)CC1. The highest BCUT2D eigenvalue weighted by Gasteiger charge is 2.35. The van der Waals surface area contributed by atoms with Gasteiger partial charge in [-0.3, -0.25) is 34.0 Å². The van der Waals surface area contributed by atoms with Crippen molar-refractivity contribution in [3.05, 3.63) is 108 Å². The number of ether oxygens (including phenoxy) is 3. The molecule has 1 fully saturated rings. The zero-order valence-corrected chi connectivity index (χ0v) is 36.2. The lowest BCUT2D eigenvalue weighted by Gasteiger charge is -2.42. The number of hydrogen-bond donors (Lipinski definition) is 0. The van der Waals surface area contributed by atoms with Crippen LogP contribution in [-0.2, 0) is 47.9 Å². The van der Waals surface area contributed by atoms with Gasteiger partial charge in [-0.2, -0.15) is 0 Å². The minimum atomic E-state index is -0.520. The van der Waals surface area contributed by atoms with E-state index in [1.54, 1.807) is 0 Å². The largest absolute Gasteiger partial charge is 0.465 e. The standard InChI is InChI=1S/C48H70N4O6/c1-7-56-45(53)42(28-25-39-19-13-10-14-20-39)49-31-33-50(43(46(54)57-8-2)29-26-40-21-15-11-16-22-40)35-37-52(48(4,5)6)38-36-51(34-32-49)44(47(55)58-9-3)30-27-41-23-17-12-18-24-41/h10-24,42-44H,7-9,25-38H2,1-6H3/t42-,43-,44-/m0/s1. The summed E-state index contributed by atoms with van der Waals surface area (Å²) in [5, 5.41) is 0. The second-order valence-corrected chi connectivity index (χ2v) is 16.1. The lowest BCUT2D eigenvalue weighted by atomic mass is 10.0. The van der Waals surface area contributed by atoms with Crippen LogP contribution in [0.15, 0.2) is 91.0 Å². The molecule has 58 heavy (non-hydrogen) atoms. The Balaban J connectivity index is 1.73. The smallest absolute Gasteiger partial charge is 0.323 e. The van der Waals surface area contributed by atoms with Gasteiger partial charge in [-0.05, 0) is 96.8 Å². The molecule has 0 radical (unpaired) electrons. The number of carbonyl (C=O) groups excluding carboxylic acids is 3. The van der Waals surface area contributed by atoms with E-state index in [1.807, 2.05) is 75.4 Å². The first-order valence-electron chi connectivity index (χ1n) is 21.6. The predicted molar refractivity (Wildman–Crippen MR) is 232 cm³/mol. The van der Waals surface area contributed by atoms with Gasteiger partial charge in [0.1, 0.15) is 18.1 Å². The van der Waals surface area contributed by atoms with Crippen LogP contribution in [0.5, 0.6) is 0 Å². The second-order valence-electron chi connectivity index (χ2n) is 16.1. The molecule has 3 aromatic carbocycles. The van der Waals surface area contributed by atoms with Gasteiger partial charge in [0.2, 0.25) is 0 Å². The lowest BCUT2D eigenvalue weighted by Crippen LogP contribution is -2.57. The molecule has 4 rings (SSSR count). The van der Waals surface area contributed by atoms with Crippen molar-refractivity contribution in [1.82, 2.24) is 19.6 Å². The normalized spacial score (nSPS) is 17.3. The average Bonchev–Trinajstić information content (AvgIpc) is 3.21. The van der Waals surface area contributed by atoms with Crippen molar-refractivity contribution >= 4 is 17.9 Å². The molecule has 3 aromatic rings. The summed E-state index contributed by atoms with van der Waals surface area (Å²) in [5.74, 6) is -0.681. The first kappa shape index (κ1) is 46.6. The summed E-state index contributed by atoms with van der Waals surface area (Å²) in [5.41, 5.74) is 3.34. The summed E-state index contributed by atoms with van der Waals surface area (Å²) in [7, 11) is 0. The lowest BCUT2D eigenvalue weighted by molar-refractivity contribution is -0.153. The Hall–Kier alpha value is -4.09. The highest BCUT2D eigenvalue weighted by molar-refractivity contribution is 5.77. The topological polar surface area (TPSA) is 91.9 Å². The Morgan fingerprint density at radius 2 is 0.724 bits per heavy atom. The third-order valence-electron chi connectivity index (χ3n) is 11.3. The van der Waals surface area contributed by atoms with E-state index >= 15 is 0 Å². The summed E-state index contributed by atoms with van der Waals surface area (Å²) in [6, 6.07) is 29.4. The summed E-state index contributed by atoms with van der Waals surface area (Å²) in [4.78, 5) is 51.0. The van der Waals surface area contributed by atoms with Gasteiger partial charge < -0.3 is 14.2 Å². The second kappa shape index (κ2) is 24.7. The molecule has 0 spiro atoms. The summed E-state index contributed by atoms with van der Waals surface area (Å²) < 4.78 is 17.3. The van der Waals surface area contributed by atoms with Crippen LogP contribution in [0.25, 0.3) is 0 Å². The number of rotatable bonds is 18. The number of hydrogen-bond acceptors (Lipinski definition) is 10. The van der Waals surface area contributed by atoms with Crippen LogP contribution in [0.4, 0.5) is 0 Å². The fraction of sp³-hybridized carbons (Fsp3) is 0.562. The number of esters is 3. The monoisotopic (exact) mass is 799 g/mol. The first-order valence-corrected chi connectivity index (χ1v) is 21.6. The van der Waals surface area contributed by atoms with E-state index in [4.69, 9.17) is 14.2 Å². The summed E-state index contributed by atoms with van der Waals surface area (Å²) >= 11 is 0. The highest BCUT2D eigenvalue weighted by Crippen LogP contribution is 2.21. The van der Waals surface area contributed by atoms with Gasteiger partial charge in [0, 0.05) is 57.9 Å². The number of nitrogens with zero attached hydrogens (tertiary/aromatic N) is 4. The predicted octanol–water partition coefficient (Wildman–Crippen LogP) is 6.70. The third kappa shape index (κ3) is 15.3. The maximum Gasteiger partial charge on any atom is 0.323 e. The van der Waals surface area contributed by atoms with Gasteiger partial charge in [0.05, 0.1) is 19.8 Å². The zero-order valence-electron chi connectivity index (χ0n) is 36.2. The van der Waals surface area contributed by atoms with E-state index in [0.29, 0.717) is 91.3 Å². The van der Waals surface area contributed by atoms with Crippen molar-refractivity contribution in [2.24, 2.45) is 0 Å². The van der Waals surface area contributed by atoms with E-state index in [0.717, 1.165) is 18.4 Å². The quantitative estimate of drug-likeness (QED) is 0.102. The molecule has 1 aliphatic heterocycles. The fourth-order valence-electron chi connectivity index (χ4n) is 7.97. The van der Waals surface area contributed by atoms with E-state index in [-0.39, 0.29) is 30.1 Å². The van der Waals surface area contributed by atoms with Crippen LogP contribution < -0.4 is 0 Å². The van der Waals surface area contributed by atoms with E-state index in [9.17, 15) is 14.4 Å². The molecular formula is C48H70N4O6. The molecule has 10 heteroatoms. The molecule has 1 aliphatic rings. The molecule has 0 saturated carbocycles. The minimum absolute atomic E-state index is 0.174. The molecule has 1 saturated heterocycles. The molecule has 0 unspecified atom stereocenters. The van der Waals surface area contributed by atoms with Crippen LogP contribution in [0.2, 0.25) is 0 Å². The Morgan fingerprint density at radius 1 is 0.466 bits per heavy atom. The Kier molecular flexibility index (Phi) is 19.9. The van der Waals surface area contributed by atoms with Gasteiger partial charge in [-0.25, -0.2) is 0 Å². The van der Waals surface area contributed by atoms with Crippen molar-refractivity contribution in [3.63, 3.8) is 0 Å². The summed E-state index contributed by atoms with van der Waals surface area (Å²) in [6.07, 6.45) is 3.99. The van der Waals surface area contributed by atoms with Gasteiger partial charge >= 0.3 is 17.9 Å². The van der Waals surface area contributed by atoms with Crippen molar-refractivity contribution in [3.8, 4) is 0 Å². The van der Waals surface area contributed by atoms with Gasteiger partial charge in [-0.15, -0.1) is 0 Å². The van der Waals surface area contributed by atoms with Crippen LogP contribution in [-0.4, -0.2) is 133 Å². The maximum absolute atomic E-state index is 14.0. The average molecular weight is 799 g/mol. The zero-order chi connectivity index (χ0) is 41.8. The van der Waals surface area contributed by atoms with Crippen LogP contribution >= 0.6 is 0 Å². The molecule has 0 N–H and O–H groups in total. The highest BCUT2D eigenvalue weighted by atomic mass is 16.5. The third-order valence-corrected chi connectivity index (χ3v) is 11.3. The van der Waals surface area contributed by atoms with Gasteiger partial charge in [-0.1, -0.05) is 91.0 Å². The van der Waals surface area contributed by atoms with Gasteiger partial charge in [0.25, 0.3) is 0 Å². The molecule has 10 nitrogen and oxygen atoms in total. The molecule has 3 atom stereocenters. The maximum atomic E-state index is 14.0. The Bertz CT molecular complexity index is 1540. The molecule has 318 valence electrons. The summed E-state index contributed by atoms with van der Waals surface area (Å²) in [6.45, 7) is 18.0.